The largest absolute Gasteiger partial charge is 0.466 e. The summed E-state index contributed by atoms with van der Waals surface area (Å²) < 4.78 is 4.40. The van der Waals surface area contributed by atoms with E-state index in [1.165, 1.54) is 19.2 Å². The predicted molar refractivity (Wildman–Crippen MR) is 86.3 cm³/mol. The number of ether oxygens (including phenoxy) is 1. The normalized spacial score (nSPS) is 13.7. The number of nitrogens with one attached hydrogen (secondary N) is 2. The van der Waals surface area contributed by atoms with Gasteiger partial charge in [0, 0.05) is 23.7 Å². The molecule has 1 aliphatic rings. The summed E-state index contributed by atoms with van der Waals surface area (Å²) in [6.07, 6.45) is 4.28. The van der Waals surface area contributed by atoms with Gasteiger partial charge in [0.05, 0.1) is 18.4 Å². The van der Waals surface area contributed by atoms with E-state index in [2.05, 4.69) is 15.4 Å². The van der Waals surface area contributed by atoms with E-state index < -0.39 is 11.9 Å². The van der Waals surface area contributed by atoms with Gasteiger partial charge in [-0.05, 0) is 37.0 Å². The number of carbonyl (C=O) groups excluding carboxylic acids is 3. The molecule has 1 aliphatic carbocycles. The zero-order valence-corrected chi connectivity index (χ0v) is 13.4. The van der Waals surface area contributed by atoms with Crippen LogP contribution in [0, 0.1) is 5.92 Å². The van der Waals surface area contributed by atoms with Gasteiger partial charge in [-0.25, -0.2) is 4.79 Å². The van der Waals surface area contributed by atoms with E-state index in [0.717, 1.165) is 25.0 Å². The lowest BCUT2D eigenvalue weighted by molar-refractivity contribution is -0.135. The summed E-state index contributed by atoms with van der Waals surface area (Å²) >= 11 is 5.93. The molecule has 0 atom stereocenters. The topological polar surface area (TPSA) is 84.5 Å². The van der Waals surface area contributed by atoms with Gasteiger partial charge < -0.3 is 15.4 Å². The molecule has 0 spiro atoms. The molecule has 1 aromatic rings. The van der Waals surface area contributed by atoms with Crippen LogP contribution in [0.4, 0.5) is 5.69 Å². The van der Waals surface area contributed by atoms with Crippen molar-refractivity contribution in [3.05, 3.63) is 40.9 Å². The van der Waals surface area contributed by atoms with Gasteiger partial charge in [-0.2, -0.15) is 0 Å². The molecule has 122 valence electrons. The summed E-state index contributed by atoms with van der Waals surface area (Å²) in [5.41, 5.74) is 0.597. The molecule has 2 amide bonds. The second-order valence-corrected chi connectivity index (χ2v) is 5.63. The summed E-state index contributed by atoms with van der Waals surface area (Å²) in [4.78, 5) is 35.0. The number of methoxy groups -OCH3 is 1. The highest BCUT2D eigenvalue weighted by Crippen LogP contribution is 2.28. The number of amides is 2. The van der Waals surface area contributed by atoms with E-state index in [1.807, 2.05) is 0 Å². The first-order valence-corrected chi connectivity index (χ1v) is 7.52. The molecule has 1 saturated carbocycles. The molecule has 2 rings (SSSR count). The van der Waals surface area contributed by atoms with Crippen molar-refractivity contribution in [3.8, 4) is 0 Å². The molecule has 0 aliphatic heterocycles. The molecule has 23 heavy (non-hydrogen) atoms. The number of hydrogen-bond donors (Lipinski definition) is 2. The van der Waals surface area contributed by atoms with Gasteiger partial charge in [0.15, 0.2) is 0 Å². The monoisotopic (exact) mass is 336 g/mol. The maximum Gasteiger partial charge on any atom is 0.330 e. The maximum atomic E-state index is 12.2. The summed E-state index contributed by atoms with van der Waals surface area (Å²) in [5, 5.41) is 5.76. The third-order valence-corrected chi connectivity index (χ3v) is 3.54. The number of rotatable bonds is 6. The van der Waals surface area contributed by atoms with Crippen LogP contribution in [-0.2, 0) is 14.3 Å². The third-order valence-electron chi connectivity index (χ3n) is 3.30. The van der Waals surface area contributed by atoms with E-state index >= 15 is 0 Å². The average molecular weight is 337 g/mol. The number of anilines is 1. The summed E-state index contributed by atoms with van der Waals surface area (Å²) in [5.74, 6) is -0.946. The van der Waals surface area contributed by atoms with Gasteiger partial charge in [0.1, 0.15) is 0 Å². The Hall–Kier alpha value is -2.34. The van der Waals surface area contributed by atoms with Gasteiger partial charge in [-0.3, -0.25) is 9.59 Å². The van der Waals surface area contributed by atoms with Gasteiger partial charge in [-0.15, -0.1) is 0 Å². The fraction of sp³-hybridized carbons (Fsp3) is 0.312. The second kappa shape index (κ2) is 7.78. The van der Waals surface area contributed by atoms with E-state index in [0.29, 0.717) is 23.2 Å². The molecule has 0 bridgehead atoms. The Balaban J connectivity index is 2.07. The van der Waals surface area contributed by atoms with Gasteiger partial charge in [0.2, 0.25) is 5.91 Å². The highest BCUT2D eigenvalue weighted by molar-refractivity contribution is 6.31. The Labute approximate surface area is 138 Å². The molecule has 0 unspecified atom stereocenters. The molecule has 0 radical (unpaired) electrons. The first-order chi connectivity index (χ1) is 11.0. The van der Waals surface area contributed by atoms with Gasteiger partial charge in [-0.1, -0.05) is 11.6 Å². The van der Waals surface area contributed by atoms with Crippen molar-refractivity contribution in [2.45, 2.75) is 12.8 Å². The van der Waals surface area contributed by atoms with Crippen LogP contribution >= 0.6 is 11.6 Å². The highest BCUT2D eigenvalue weighted by Gasteiger charge is 2.22. The lowest BCUT2D eigenvalue weighted by Crippen LogP contribution is -2.27. The van der Waals surface area contributed by atoms with Crippen LogP contribution in [-0.4, -0.2) is 31.4 Å². The van der Waals surface area contributed by atoms with Crippen molar-refractivity contribution in [2.75, 3.05) is 19.0 Å². The van der Waals surface area contributed by atoms with Crippen molar-refractivity contribution in [1.82, 2.24) is 5.32 Å². The van der Waals surface area contributed by atoms with Crippen LogP contribution in [0.15, 0.2) is 30.4 Å². The summed E-state index contributed by atoms with van der Waals surface area (Å²) in [6, 6.07) is 4.60. The quantitative estimate of drug-likeness (QED) is 0.615. The summed E-state index contributed by atoms with van der Waals surface area (Å²) in [7, 11) is 1.21. The van der Waals surface area contributed by atoms with Gasteiger partial charge in [0.25, 0.3) is 5.91 Å². The van der Waals surface area contributed by atoms with Crippen LogP contribution in [0.1, 0.15) is 23.2 Å². The van der Waals surface area contributed by atoms with E-state index in [1.54, 1.807) is 6.07 Å². The number of hydrogen-bond acceptors (Lipinski definition) is 4. The molecule has 0 aromatic heterocycles. The standard InChI is InChI=1S/C16H17ClN2O4/c1-23-15(21)7-6-14(20)19-13-5-4-11(17)8-12(13)16(22)18-9-10-2-3-10/h4-8,10H,2-3,9H2,1H3,(H,18,22)(H,19,20). The highest BCUT2D eigenvalue weighted by atomic mass is 35.5. The molecular formula is C16H17ClN2O4. The number of halogens is 1. The minimum absolute atomic E-state index is 0.276. The number of esters is 1. The third kappa shape index (κ3) is 5.41. The molecule has 2 N–H and O–H groups in total. The fourth-order valence-corrected chi connectivity index (χ4v) is 2.03. The SMILES string of the molecule is COC(=O)C=CC(=O)Nc1ccc(Cl)cc1C(=O)NCC1CC1. The molecular weight excluding hydrogens is 320 g/mol. The van der Waals surface area contributed by atoms with E-state index in [4.69, 9.17) is 11.6 Å². The average Bonchev–Trinajstić information content (AvgIpc) is 3.36. The second-order valence-electron chi connectivity index (χ2n) is 5.19. The Bertz CT molecular complexity index is 653. The molecule has 1 aromatic carbocycles. The first-order valence-electron chi connectivity index (χ1n) is 7.14. The van der Waals surface area contributed by atoms with Crippen LogP contribution < -0.4 is 10.6 Å². The van der Waals surface area contributed by atoms with E-state index in [-0.39, 0.29) is 11.5 Å². The molecule has 1 fully saturated rings. The Morgan fingerprint density at radius 2 is 2.04 bits per heavy atom. The Morgan fingerprint density at radius 1 is 1.30 bits per heavy atom. The Kier molecular flexibility index (Phi) is 5.76. The van der Waals surface area contributed by atoms with Crippen molar-refractivity contribution >= 4 is 35.1 Å². The molecule has 0 saturated heterocycles. The minimum atomic E-state index is -0.640. The lowest BCUT2D eigenvalue weighted by Gasteiger charge is -2.11. The van der Waals surface area contributed by atoms with Crippen molar-refractivity contribution in [1.29, 1.82) is 0 Å². The summed E-state index contributed by atoms with van der Waals surface area (Å²) in [6.45, 7) is 0.612. The van der Waals surface area contributed by atoms with Crippen molar-refractivity contribution in [2.24, 2.45) is 5.92 Å². The molecule has 0 heterocycles. The first kappa shape index (κ1) is 17.0. The predicted octanol–water partition coefficient (Wildman–Crippen LogP) is 2.15. The maximum absolute atomic E-state index is 12.2. The van der Waals surface area contributed by atoms with Crippen LogP contribution in [0.3, 0.4) is 0 Å². The lowest BCUT2D eigenvalue weighted by atomic mass is 10.1. The molecule has 7 heteroatoms. The number of carbonyl (C=O) groups is 3. The zero-order valence-electron chi connectivity index (χ0n) is 12.6. The molecule has 6 nitrogen and oxygen atoms in total. The minimum Gasteiger partial charge on any atom is -0.466 e. The Morgan fingerprint density at radius 3 is 2.70 bits per heavy atom. The fourth-order valence-electron chi connectivity index (χ4n) is 1.85. The van der Waals surface area contributed by atoms with Gasteiger partial charge >= 0.3 is 5.97 Å². The van der Waals surface area contributed by atoms with Crippen LogP contribution in [0.25, 0.3) is 0 Å². The van der Waals surface area contributed by atoms with Crippen molar-refractivity contribution < 1.29 is 19.1 Å². The zero-order chi connectivity index (χ0) is 16.8. The van der Waals surface area contributed by atoms with Crippen LogP contribution in [0.2, 0.25) is 5.02 Å². The van der Waals surface area contributed by atoms with Crippen LogP contribution in [0.5, 0.6) is 0 Å². The number of benzene rings is 1. The van der Waals surface area contributed by atoms with Crippen molar-refractivity contribution in [3.63, 3.8) is 0 Å². The van der Waals surface area contributed by atoms with E-state index in [9.17, 15) is 14.4 Å². The smallest absolute Gasteiger partial charge is 0.330 e.